The average molecular weight is 461 g/mol. The van der Waals surface area contributed by atoms with Crippen molar-refractivity contribution in [3.8, 4) is 0 Å². The largest absolute Gasteiger partial charge is 0.340 e. The number of carbonyl (C=O) groups excluding carboxylic acids is 1. The van der Waals surface area contributed by atoms with Crippen LogP contribution in [-0.4, -0.2) is 17.6 Å². The van der Waals surface area contributed by atoms with Gasteiger partial charge in [0.05, 0.1) is 5.69 Å². The van der Waals surface area contributed by atoms with E-state index in [9.17, 15) is 4.79 Å². The molecule has 0 radical (unpaired) electrons. The standard InChI is InChI=1S/C20H25BIN3O/c1-14-8-9-16(26)12-17(14)20-18(22)10-11-19(24-20)25(23)21(2)13-15-6-4-3-5-7-15/h3-7,10-11,14,17H,8-9,12-13,23H2,1-2H3. The fraction of sp³-hybridized carbons (Fsp3) is 0.400. The Morgan fingerprint density at radius 3 is 2.73 bits per heavy atom. The van der Waals surface area contributed by atoms with Crippen molar-refractivity contribution in [2.45, 2.75) is 45.2 Å². The third-order valence-electron chi connectivity index (χ3n) is 5.34. The van der Waals surface area contributed by atoms with Gasteiger partial charge in [0.2, 0.25) is 0 Å². The number of rotatable bonds is 5. The molecule has 0 bridgehead atoms. The van der Waals surface area contributed by atoms with Crippen molar-refractivity contribution in [2.24, 2.45) is 11.8 Å². The zero-order valence-corrected chi connectivity index (χ0v) is 17.5. The Morgan fingerprint density at radius 2 is 2.00 bits per heavy atom. The van der Waals surface area contributed by atoms with E-state index in [0.717, 1.165) is 27.8 Å². The second kappa shape index (κ2) is 8.52. The second-order valence-corrected chi connectivity index (χ2v) is 8.51. The number of hydrogen-bond donors (Lipinski definition) is 1. The Balaban J connectivity index is 1.81. The molecule has 6 heteroatoms. The van der Waals surface area contributed by atoms with Gasteiger partial charge in [0, 0.05) is 22.3 Å². The van der Waals surface area contributed by atoms with Crippen LogP contribution in [0.2, 0.25) is 6.82 Å². The van der Waals surface area contributed by atoms with Crippen molar-refractivity contribution in [1.82, 2.24) is 4.98 Å². The van der Waals surface area contributed by atoms with Gasteiger partial charge in [-0.2, -0.15) is 0 Å². The number of carbonyl (C=O) groups is 1. The van der Waals surface area contributed by atoms with Gasteiger partial charge in [-0.3, -0.25) is 10.6 Å². The summed E-state index contributed by atoms with van der Waals surface area (Å²) in [5, 5.41) is 0. The topological polar surface area (TPSA) is 59.2 Å². The lowest BCUT2D eigenvalue weighted by Gasteiger charge is -2.30. The average Bonchev–Trinajstić information content (AvgIpc) is 2.64. The number of nitrogens with two attached hydrogens (primary N) is 1. The molecule has 1 aliphatic carbocycles. The Bertz CT molecular complexity index is 771. The SMILES string of the molecule is CB(Cc1ccccc1)N(N)c1ccc(I)c(C2CC(=O)CCC2C)n1. The maximum atomic E-state index is 12.0. The van der Waals surface area contributed by atoms with E-state index in [2.05, 4.69) is 54.5 Å². The molecule has 26 heavy (non-hydrogen) atoms. The number of halogens is 1. The molecule has 0 saturated heterocycles. The molecule has 1 aliphatic rings. The summed E-state index contributed by atoms with van der Waals surface area (Å²) in [5.74, 6) is 8.18. The Labute approximate surface area is 169 Å². The highest BCUT2D eigenvalue weighted by atomic mass is 127. The van der Waals surface area contributed by atoms with E-state index in [0.29, 0.717) is 24.5 Å². The Morgan fingerprint density at radius 1 is 1.27 bits per heavy atom. The molecule has 2 atom stereocenters. The molecule has 2 unspecified atom stereocenters. The molecule has 1 aromatic heterocycles. The lowest BCUT2D eigenvalue weighted by atomic mass is 9.59. The van der Waals surface area contributed by atoms with Gasteiger partial charge < -0.3 is 4.92 Å². The maximum Gasteiger partial charge on any atom is 0.277 e. The molecule has 2 N–H and O–H groups in total. The van der Waals surface area contributed by atoms with Crippen molar-refractivity contribution in [3.05, 3.63) is 57.3 Å². The Kier molecular flexibility index (Phi) is 6.35. The van der Waals surface area contributed by atoms with Crippen LogP contribution in [0.3, 0.4) is 0 Å². The summed E-state index contributed by atoms with van der Waals surface area (Å²) in [6, 6.07) is 14.4. The summed E-state index contributed by atoms with van der Waals surface area (Å²) in [6.07, 6.45) is 3.10. The van der Waals surface area contributed by atoms with E-state index < -0.39 is 0 Å². The van der Waals surface area contributed by atoms with E-state index in [4.69, 9.17) is 10.8 Å². The fourth-order valence-electron chi connectivity index (χ4n) is 3.63. The molecule has 3 rings (SSSR count). The molecular weight excluding hydrogens is 436 g/mol. The predicted octanol–water partition coefficient (Wildman–Crippen LogP) is 4.24. The lowest BCUT2D eigenvalue weighted by molar-refractivity contribution is -0.121. The minimum atomic E-state index is 0.128. The summed E-state index contributed by atoms with van der Waals surface area (Å²) in [4.78, 5) is 18.6. The quantitative estimate of drug-likeness (QED) is 0.313. The van der Waals surface area contributed by atoms with Crippen LogP contribution in [0.15, 0.2) is 42.5 Å². The highest BCUT2D eigenvalue weighted by molar-refractivity contribution is 14.1. The summed E-state index contributed by atoms with van der Waals surface area (Å²) in [7, 11) is 0. The van der Waals surface area contributed by atoms with Gasteiger partial charge in [-0.15, -0.1) is 0 Å². The van der Waals surface area contributed by atoms with Crippen LogP contribution in [-0.2, 0) is 11.1 Å². The van der Waals surface area contributed by atoms with Crippen molar-refractivity contribution < 1.29 is 4.79 Å². The number of hydrogen-bond acceptors (Lipinski definition) is 4. The van der Waals surface area contributed by atoms with E-state index in [1.807, 2.05) is 24.3 Å². The van der Waals surface area contributed by atoms with Gasteiger partial charge in [-0.25, -0.2) is 4.98 Å². The van der Waals surface area contributed by atoms with Crippen molar-refractivity contribution in [3.63, 3.8) is 0 Å². The molecule has 0 amide bonds. The van der Waals surface area contributed by atoms with E-state index >= 15 is 0 Å². The lowest BCUT2D eigenvalue weighted by Crippen LogP contribution is -2.45. The second-order valence-electron chi connectivity index (χ2n) is 7.35. The summed E-state index contributed by atoms with van der Waals surface area (Å²) >= 11 is 2.32. The number of pyridine rings is 1. The smallest absolute Gasteiger partial charge is 0.277 e. The first-order valence-corrected chi connectivity index (χ1v) is 10.3. The molecule has 1 fully saturated rings. The van der Waals surface area contributed by atoms with Crippen molar-refractivity contribution in [2.75, 3.05) is 4.92 Å². The van der Waals surface area contributed by atoms with Gasteiger partial charge >= 0.3 is 0 Å². The van der Waals surface area contributed by atoms with Crippen LogP contribution >= 0.6 is 22.6 Å². The molecule has 1 aromatic carbocycles. The third kappa shape index (κ3) is 4.46. The number of Topliss-reactive ketones (excluding diaryl/α,β-unsaturated/α-hetero) is 1. The number of ketones is 1. The minimum absolute atomic E-state index is 0.128. The molecule has 1 heterocycles. The summed E-state index contributed by atoms with van der Waals surface area (Å²) in [6.45, 7) is 4.46. The highest BCUT2D eigenvalue weighted by Crippen LogP contribution is 2.37. The minimum Gasteiger partial charge on any atom is -0.340 e. The van der Waals surface area contributed by atoms with E-state index in [-0.39, 0.29) is 12.8 Å². The third-order valence-corrected chi connectivity index (χ3v) is 6.25. The van der Waals surface area contributed by atoms with Crippen LogP contribution in [0, 0.1) is 9.49 Å². The predicted molar refractivity (Wildman–Crippen MR) is 116 cm³/mol. The fourth-order valence-corrected chi connectivity index (χ4v) is 4.34. The van der Waals surface area contributed by atoms with Crippen LogP contribution in [0.25, 0.3) is 0 Å². The van der Waals surface area contributed by atoms with Gasteiger partial charge in [0.1, 0.15) is 11.6 Å². The first-order chi connectivity index (χ1) is 12.5. The molecule has 0 spiro atoms. The monoisotopic (exact) mass is 461 g/mol. The molecule has 0 aliphatic heterocycles. The van der Waals surface area contributed by atoms with Crippen molar-refractivity contribution >= 4 is 41.0 Å². The maximum absolute atomic E-state index is 12.0. The molecule has 4 nitrogen and oxygen atoms in total. The first kappa shape index (κ1) is 19.4. The number of aromatic nitrogens is 1. The van der Waals surface area contributed by atoms with E-state index in [1.165, 1.54) is 5.56 Å². The number of hydrazine groups is 1. The zero-order chi connectivity index (χ0) is 18.7. The van der Waals surface area contributed by atoms with Crippen molar-refractivity contribution in [1.29, 1.82) is 0 Å². The molecule has 136 valence electrons. The van der Waals surface area contributed by atoms with Crippen LogP contribution in [0.1, 0.15) is 43.4 Å². The molecular formula is C20H25BIN3O. The molecule has 1 saturated carbocycles. The Hall–Kier alpha value is -1.41. The van der Waals surface area contributed by atoms with Gasteiger partial charge in [0.15, 0.2) is 0 Å². The summed E-state index contributed by atoms with van der Waals surface area (Å²) in [5.41, 5.74) is 2.28. The van der Waals surface area contributed by atoms with E-state index in [1.54, 1.807) is 4.92 Å². The van der Waals surface area contributed by atoms with Crippen LogP contribution < -0.4 is 10.8 Å². The summed E-state index contributed by atoms with van der Waals surface area (Å²) < 4.78 is 1.11. The van der Waals surface area contributed by atoms with Gasteiger partial charge in [-0.1, -0.05) is 49.6 Å². The highest BCUT2D eigenvalue weighted by Gasteiger charge is 2.30. The van der Waals surface area contributed by atoms with Crippen LogP contribution in [0.5, 0.6) is 0 Å². The first-order valence-electron chi connectivity index (χ1n) is 9.21. The zero-order valence-electron chi connectivity index (χ0n) is 15.4. The number of nitrogens with zero attached hydrogens (tertiary/aromatic N) is 2. The van der Waals surface area contributed by atoms with Crippen LogP contribution in [0.4, 0.5) is 5.82 Å². The van der Waals surface area contributed by atoms with Gasteiger partial charge in [-0.05, 0) is 53.4 Å². The van der Waals surface area contributed by atoms with Gasteiger partial charge in [0.25, 0.3) is 6.85 Å². The normalized spacial score (nSPS) is 20.1. The number of anilines is 1. The molecule has 2 aromatic rings. The number of benzene rings is 1.